The van der Waals surface area contributed by atoms with Gasteiger partial charge in [0.2, 0.25) is 23.6 Å². The number of phenols is 2. The fourth-order valence-electron chi connectivity index (χ4n) is 16.2. The van der Waals surface area contributed by atoms with Crippen molar-refractivity contribution in [3.05, 3.63) is 281 Å². The van der Waals surface area contributed by atoms with Crippen molar-refractivity contribution >= 4 is 133 Å². The number of phenolic OH excluding ortho intramolecular Hbond substituents is 2. The highest BCUT2D eigenvalue weighted by Crippen LogP contribution is 2.43. The van der Waals surface area contributed by atoms with E-state index in [0.29, 0.717) is 52.4 Å². The van der Waals surface area contributed by atoms with Crippen LogP contribution in [0, 0.1) is 13.8 Å². The molecule has 6 aromatic heterocycles. The first kappa shape index (κ1) is 75.5. The van der Waals surface area contributed by atoms with Gasteiger partial charge in [0.15, 0.2) is 0 Å². The second kappa shape index (κ2) is 32.4. The van der Waals surface area contributed by atoms with Gasteiger partial charge in [0.05, 0.1) is 76.0 Å². The molecule has 0 radical (unpaired) electrons. The Hall–Kier alpha value is -15.2. The lowest BCUT2D eigenvalue weighted by Crippen LogP contribution is -2.56. The number of pyridine rings is 2. The minimum Gasteiger partial charge on any atom is -0.508 e. The van der Waals surface area contributed by atoms with Crippen molar-refractivity contribution in [1.29, 1.82) is 0 Å². The number of benzene rings is 10. The van der Waals surface area contributed by atoms with Crippen LogP contribution in [0.5, 0.6) is 11.5 Å². The highest BCUT2D eigenvalue weighted by Gasteiger charge is 2.34. The summed E-state index contributed by atoms with van der Waals surface area (Å²) >= 11 is 0. The van der Waals surface area contributed by atoms with Gasteiger partial charge in [-0.15, -0.1) is 0 Å². The summed E-state index contributed by atoms with van der Waals surface area (Å²) in [6.07, 6.45) is 17.8. The average Bonchev–Trinajstić information content (AvgIpc) is 1.30. The van der Waals surface area contributed by atoms with Crippen molar-refractivity contribution < 1.29 is 29.4 Å². The molecule has 16 aromatic rings. The number of hydrogen-bond acceptors (Lipinski definition) is 18. The Labute approximate surface area is 678 Å². The zero-order valence-electron chi connectivity index (χ0n) is 64.8. The van der Waals surface area contributed by atoms with Crippen LogP contribution in [0.1, 0.15) is 11.1 Å². The number of aryl methyl sites for hydroxylation is 2. The minimum atomic E-state index is -0.0568. The summed E-state index contributed by atoms with van der Waals surface area (Å²) in [7, 11) is 0. The molecule has 0 aliphatic carbocycles. The predicted molar refractivity (Wildman–Crippen MR) is 468 cm³/mol. The Kier molecular flexibility index (Phi) is 20.7. The lowest BCUT2D eigenvalue weighted by molar-refractivity contribution is -0.130. The van der Waals surface area contributed by atoms with Crippen molar-refractivity contribution in [3.63, 3.8) is 0 Å². The standard InChI is InChI=1S/C25H21N3O2.C24H20N4O2.C23H21N5O.C22H20N6O/c1-2-25(30)28-14-17(15-28)27-24-13-26-12-23-20(8-5-9-21(23)24)22-11-18(29)10-16-6-3-4-7-19(16)22;1-2-22(30)28-12-16(13-28)27-24-20-9-5-8-19(23(20)25-14-26-24)21-11-17(29)10-15-6-3-4-7-18(15)21;1-3-21(29)28-12-15(13-28)26-19-9-10-24-23-16(19)5-4-6-17(23)22-14(2)7-8-20-18(22)11-25-27-20;1-3-19(29)28-10-14(11-28)26-22-16-6-4-5-15(21(16)23-12-24-22)20-13(2)7-8-18-17(20)9-25-27-18/h2-13,17,27,29H,1,14-15H2;2-11,14,16,29H,1,12-13H2,(H,25,26,27);3-11,15H,1,12-13H2,2H3,(H,24,26)(H,25,27);3-9,12,14H,1,10-11H2,2H3,(H,25,27)(H,23,24,26). The number of nitrogens with one attached hydrogen (secondary N) is 6. The third-order valence-electron chi connectivity index (χ3n) is 22.3. The number of aromatic nitrogens is 10. The highest BCUT2D eigenvalue weighted by molar-refractivity contribution is 6.12. The van der Waals surface area contributed by atoms with E-state index in [1.165, 1.54) is 29.9 Å². The molecule has 4 aliphatic rings. The van der Waals surface area contributed by atoms with Gasteiger partial charge in [-0.3, -0.25) is 39.3 Å². The Morgan fingerprint density at radius 1 is 0.373 bits per heavy atom. The first-order valence-corrected chi connectivity index (χ1v) is 38.8. The van der Waals surface area contributed by atoms with Gasteiger partial charge in [-0.25, -0.2) is 19.9 Å². The van der Waals surface area contributed by atoms with Crippen LogP contribution in [0.15, 0.2) is 270 Å². The third kappa shape index (κ3) is 14.8. The number of para-hydroxylation sites is 3. The summed E-state index contributed by atoms with van der Waals surface area (Å²) in [6.45, 7) is 23.6. The number of aromatic amines is 2. The van der Waals surface area contributed by atoms with Gasteiger partial charge >= 0.3 is 0 Å². The molecule has 4 fully saturated rings. The average molecular weight is 1560 g/mol. The van der Waals surface area contributed by atoms with Crippen molar-refractivity contribution in [2.75, 3.05) is 73.6 Å². The van der Waals surface area contributed by atoms with Crippen molar-refractivity contribution in [2.45, 2.75) is 38.0 Å². The van der Waals surface area contributed by atoms with Gasteiger partial charge in [0, 0.05) is 125 Å². The molecule has 0 spiro atoms. The van der Waals surface area contributed by atoms with Gasteiger partial charge in [-0.05, 0) is 153 Å². The Morgan fingerprint density at radius 2 is 0.771 bits per heavy atom. The maximum atomic E-state index is 11.7. The van der Waals surface area contributed by atoms with Gasteiger partial charge in [-0.1, -0.05) is 148 Å². The lowest BCUT2D eigenvalue weighted by Gasteiger charge is -2.39. The molecule has 20 rings (SSSR count). The molecule has 4 aliphatic heterocycles. The molecule has 24 nitrogen and oxygen atoms in total. The van der Waals surface area contributed by atoms with Crippen LogP contribution in [0.25, 0.3) is 131 Å². The summed E-state index contributed by atoms with van der Waals surface area (Å²) < 4.78 is 0. The van der Waals surface area contributed by atoms with Crippen LogP contribution in [0.4, 0.5) is 23.0 Å². The summed E-state index contributed by atoms with van der Waals surface area (Å²) in [5.74, 6) is 1.82. The van der Waals surface area contributed by atoms with E-state index in [1.807, 2.05) is 128 Å². The molecule has 0 unspecified atom stereocenters. The Balaban J connectivity index is 0.000000113. The number of nitrogens with zero attached hydrogens (tertiary/aromatic N) is 12. The molecule has 0 saturated carbocycles. The topological polar surface area (TPSA) is 305 Å². The number of fused-ring (bicyclic) bond motifs is 8. The number of H-pyrrole nitrogens is 2. The number of aromatic hydroxyl groups is 2. The number of carbonyl (C=O) groups excluding carboxylic acids is 4. The lowest BCUT2D eigenvalue weighted by atomic mass is 9.94. The van der Waals surface area contributed by atoms with Crippen molar-refractivity contribution in [2.24, 2.45) is 0 Å². The minimum absolute atomic E-state index is 0.0198. The Bertz CT molecular complexity index is 6300. The van der Waals surface area contributed by atoms with Crippen LogP contribution >= 0.6 is 0 Å². The van der Waals surface area contributed by atoms with Crippen LogP contribution in [0.2, 0.25) is 0 Å². The molecular formula is C94H82N18O6. The maximum absolute atomic E-state index is 11.7. The molecule has 0 bridgehead atoms. The second-order valence-corrected chi connectivity index (χ2v) is 29.8. The van der Waals surface area contributed by atoms with E-state index in [4.69, 9.17) is 4.98 Å². The number of amides is 4. The molecule has 10 aromatic carbocycles. The van der Waals surface area contributed by atoms with E-state index < -0.39 is 0 Å². The summed E-state index contributed by atoms with van der Waals surface area (Å²) in [5.41, 5.74) is 17.2. The summed E-state index contributed by atoms with van der Waals surface area (Å²) in [4.78, 5) is 81.0. The number of anilines is 4. The van der Waals surface area contributed by atoms with E-state index in [-0.39, 0.29) is 59.3 Å². The fourth-order valence-corrected chi connectivity index (χ4v) is 16.2. The predicted octanol–water partition coefficient (Wildman–Crippen LogP) is 15.7. The van der Waals surface area contributed by atoms with Crippen molar-refractivity contribution in [3.8, 4) is 56.0 Å². The zero-order chi connectivity index (χ0) is 81.2. The van der Waals surface area contributed by atoms with Crippen molar-refractivity contribution in [1.82, 2.24) is 69.9 Å². The number of carbonyl (C=O) groups is 4. The Morgan fingerprint density at radius 3 is 1.25 bits per heavy atom. The number of rotatable bonds is 16. The molecule has 4 saturated heterocycles. The molecule has 118 heavy (non-hydrogen) atoms. The van der Waals surface area contributed by atoms with Gasteiger partial charge in [-0.2, -0.15) is 10.2 Å². The molecular weight excluding hydrogens is 1480 g/mol. The van der Waals surface area contributed by atoms with Crippen LogP contribution in [-0.2, 0) is 19.2 Å². The van der Waals surface area contributed by atoms with Crippen LogP contribution < -0.4 is 21.3 Å². The number of likely N-dealkylation sites (tertiary alicyclic amines) is 4. The molecule has 24 heteroatoms. The molecule has 584 valence electrons. The second-order valence-electron chi connectivity index (χ2n) is 29.8. The molecule has 10 heterocycles. The quantitative estimate of drug-likeness (QED) is 0.0417. The first-order valence-electron chi connectivity index (χ1n) is 38.8. The number of hydrogen-bond donors (Lipinski definition) is 8. The summed E-state index contributed by atoms with van der Waals surface area (Å²) in [5, 5.41) is 60.3. The van der Waals surface area contributed by atoms with E-state index >= 15 is 0 Å². The van der Waals surface area contributed by atoms with Crippen LogP contribution in [0.3, 0.4) is 0 Å². The van der Waals surface area contributed by atoms with Gasteiger partial charge < -0.3 is 51.1 Å². The molecule has 0 atom stereocenters. The third-order valence-corrected chi connectivity index (χ3v) is 22.3. The first-order chi connectivity index (χ1) is 57.6. The summed E-state index contributed by atoms with van der Waals surface area (Å²) in [6, 6.07) is 58.7. The van der Waals surface area contributed by atoms with Gasteiger partial charge in [0.25, 0.3) is 0 Å². The largest absolute Gasteiger partial charge is 0.508 e. The smallest absolute Gasteiger partial charge is 0.246 e. The monoisotopic (exact) mass is 1560 g/mol. The van der Waals surface area contributed by atoms with Crippen LogP contribution in [-0.4, -0.2) is 180 Å². The normalized spacial score (nSPS) is 14.1. The SMILES string of the molecule is C=CC(=O)N1CC(Nc2ccnc3c(-c4c(C)ccc5[nH]ncc45)cccc23)C1.C=CC(=O)N1CC(Nc2cncc3c(-c4cc(O)cc5ccccc45)cccc23)C1.C=CC(=O)N1CC(Nc2ncnc3c(-c4c(C)ccc5[nH]ncc45)cccc23)C1.C=CC(=O)N1CC(Nc2ncnc3c(-c4cc(O)cc5ccccc45)cccc23)C1. The van der Waals surface area contributed by atoms with E-state index in [0.717, 1.165) is 160 Å². The fraction of sp³-hybridized carbons (Fsp3) is 0.149. The van der Waals surface area contributed by atoms with E-state index in [9.17, 15) is 29.4 Å². The maximum Gasteiger partial charge on any atom is 0.246 e. The highest BCUT2D eigenvalue weighted by atomic mass is 16.3. The molecule has 4 amide bonds. The van der Waals surface area contributed by atoms with E-state index in [2.05, 4.69) is 167 Å². The van der Waals surface area contributed by atoms with E-state index in [1.54, 1.807) is 50.5 Å². The molecule has 8 N–H and O–H groups in total. The van der Waals surface area contributed by atoms with Gasteiger partial charge in [0.1, 0.15) is 35.8 Å². The zero-order valence-corrected chi connectivity index (χ0v) is 64.8.